The summed E-state index contributed by atoms with van der Waals surface area (Å²) >= 11 is 0. The molecular formula is C9H7F3N4O. The summed E-state index contributed by atoms with van der Waals surface area (Å²) in [5.74, 6) is -1.82. The molecule has 2 heterocycles. The van der Waals surface area contributed by atoms with Crippen molar-refractivity contribution >= 4 is 23.1 Å². The predicted octanol–water partition coefficient (Wildman–Crippen LogP) is 1.54. The molecule has 0 aliphatic carbocycles. The van der Waals surface area contributed by atoms with E-state index in [0.717, 1.165) is 0 Å². The Hall–Kier alpha value is -2.12. The third-order valence-electron chi connectivity index (χ3n) is 2.03. The summed E-state index contributed by atoms with van der Waals surface area (Å²) in [7, 11) is 0. The highest BCUT2D eigenvalue weighted by Crippen LogP contribution is 2.31. The summed E-state index contributed by atoms with van der Waals surface area (Å²) in [6, 6.07) is 1.28. The Bertz CT molecular complexity index is 497. The van der Waals surface area contributed by atoms with E-state index in [1.807, 2.05) is 0 Å². The van der Waals surface area contributed by atoms with Crippen molar-refractivity contribution in [3.8, 4) is 0 Å². The van der Waals surface area contributed by atoms with Crippen LogP contribution in [0.25, 0.3) is 0 Å². The van der Waals surface area contributed by atoms with Crippen LogP contribution in [0.3, 0.4) is 0 Å². The molecule has 0 radical (unpaired) electrons. The van der Waals surface area contributed by atoms with Crippen LogP contribution in [0, 0.1) is 0 Å². The van der Waals surface area contributed by atoms with Gasteiger partial charge >= 0.3 is 12.1 Å². The number of alkyl halides is 3. The first-order valence-electron chi connectivity index (χ1n) is 4.57. The van der Waals surface area contributed by atoms with Crippen LogP contribution in [0.1, 0.15) is 6.92 Å². The Morgan fingerprint density at radius 3 is 2.82 bits per heavy atom. The van der Waals surface area contributed by atoms with Crippen LogP contribution in [0.15, 0.2) is 23.5 Å². The minimum Gasteiger partial charge on any atom is -0.278 e. The summed E-state index contributed by atoms with van der Waals surface area (Å²) < 4.78 is 37.1. The molecule has 17 heavy (non-hydrogen) atoms. The van der Waals surface area contributed by atoms with Crippen molar-refractivity contribution in [2.24, 2.45) is 4.99 Å². The second kappa shape index (κ2) is 3.72. The highest BCUT2D eigenvalue weighted by Gasteiger charge is 2.44. The first-order valence-corrected chi connectivity index (χ1v) is 4.57. The number of fused-ring (bicyclic) bond motifs is 1. The number of nitrogens with one attached hydrogen (secondary N) is 1. The van der Waals surface area contributed by atoms with Gasteiger partial charge in [0.1, 0.15) is 11.5 Å². The lowest BCUT2D eigenvalue weighted by molar-refractivity contribution is -0.170. The SMILES string of the molecule is CC1=Nc2cnccc2N(C(=O)C(F)(F)F)N1. The van der Waals surface area contributed by atoms with Gasteiger partial charge in [-0.05, 0) is 13.0 Å². The number of hydrazine groups is 1. The quantitative estimate of drug-likeness (QED) is 0.753. The van der Waals surface area contributed by atoms with E-state index in [4.69, 9.17) is 0 Å². The minimum absolute atomic E-state index is 0.0212. The lowest BCUT2D eigenvalue weighted by Gasteiger charge is -2.28. The van der Waals surface area contributed by atoms with Gasteiger partial charge in [0.2, 0.25) is 0 Å². The van der Waals surface area contributed by atoms with Gasteiger partial charge in [-0.2, -0.15) is 13.2 Å². The van der Waals surface area contributed by atoms with Crippen molar-refractivity contribution in [3.05, 3.63) is 18.5 Å². The Kier molecular flexibility index (Phi) is 2.49. The van der Waals surface area contributed by atoms with Crippen LogP contribution in [0.2, 0.25) is 0 Å². The van der Waals surface area contributed by atoms with Gasteiger partial charge in [-0.15, -0.1) is 0 Å². The van der Waals surface area contributed by atoms with Gasteiger partial charge < -0.3 is 0 Å². The molecule has 0 aromatic carbocycles. The maximum Gasteiger partial charge on any atom is 0.473 e. The number of amides is 1. The molecule has 0 saturated carbocycles. The van der Waals surface area contributed by atoms with Gasteiger partial charge in [0.15, 0.2) is 0 Å². The molecule has 0 fully saturated rings. The van der Waals surface area contributed by atoms with Gasteiger partial charge in [-0.25, -0.2) is 10.0 Å². The van der Waals surface area contributed by atoms with Gasteiger partial charge in [0, 0.05) is 6.20 Å². The highest BCUT2D eigenvalue weighted by atomic mass is 19.4. The van der Waals surface area contributed by atoms with Crippen LogP contribution < -0.4 is 10.4 Å². The number of carbonyl (C=O) groups excluding carboxylic acids is 1. The van der Waals surface area contributed by atoms with E-state index >= 15 is 0 Å². The third kappa shape index (κ3) is 2.05. The van der Waals surface area contributed by atoms with E-state index in [2.05, 4.69) is 15.4 Å². The molecule has 90 valence electrons. The molecule has 1 aromatic rings. The molecule has 0 bridgehead atoms. The standard InChI is InChI=1S/C9H7F3N4O/c1-5-14-6-4-13-3-2-7(6)16(15-5)8(17)9(10,11)12/h2-4H,1H3,(H,14,15). The number of amidine groups is 1. The lowest BCUT2D eigenvalue weighted by Crippen LogP contribution is -2.52. The van der Waals surface area contributed by atoms with Crippen LogP contribution in [0.4, 0.5) is 24.5 Å². The molecule has 0 spiro atoms. The van der Waals surface area contributed by atoms with Crippen molar-refractivity contribution in [3.63, 3.8) is 0 Å². The molecule has 0 saturated heterocycles. The van der Waals surface area contributed by atoms with E-state index < -0.39 is 12.1 Å². The Morgan fingerprint density at radius 1 is 1.47 bits per heavy atom. The summed E-state index contributed by atoms with van der Waals surface area (Å²) in [5, 5.41) is 0.416. The minimum atomic E-state index is -4.95. The molecule has 1 N–H and O–H groups in total. The zero-order chi connectivity index (χ0) is 12.6. The molecule has 8 heteroatoms. The maximum absolute atomic E-state index is 12.4. The monoisotopic (exact) mass is 244 g/mol. The zero-order valence-electron chi connectivity index (χ0n) is 8.62. The Balaban J connectivity index is 2.45. The fourth-order valence-corrected chi connectivity index (χ4v) is 1.37. The van der Waals surface area contributed by atoms with Crippen molar-refractivity contribution in [1.29, 1.82) is 0 Å². The number of aliphatic imine (C=N–C) groups is 1. The van der Waals surface area contributed by atoms with E-state index in [0.29, 0.717) is 5.01 Å². The molecule has 0 unspecified atom stereocenters. The number of carbonyl (C=O) groups is 1. The third-order valence-corrected chi connectivity index (χ3v) is 2.03. The van der Waals surface area contributed by atoms with E-state index in [1.165, 1.54) is 25.4 Å². The smallest absolute Gasteiger partial charge is 0.278 e. The molecule has 1 amide bonds. The second-order valence-electron chi connectivity index (χ2n) is 3.31. The van der Waals surface area contributed by atoms with Crippen molar-refractivity contribution in [2.75, 3.05) is 5.01 Å². The van der Waals surface area contributed by atoms with Crippen LogP contribution >= 0.6 is 0 Å². The molecule has 1 aliphatic rings. The fraction of sp³-hybridized carbons (Fsp3) is 0.222. The first kappa shape index (κ1) is 11.4. The van der Waals surface area contributed by atoms with Gasteiger partial charge in [0.05, 0.1) is 11.9 Å². The topological polar surface area (TPSA) is 57.6 Å². The van der Waals surface area contributed by atoms with Crippen molar-refractivity contribution in [2.45, 2.75) is 13.1 Å². The van der Waals surface area contributed by atoms with Gasteiger partial charge in [-0.3, -0.25) is 15.2 Å². The first-order chi connectivity index (χ1) is 7.89. The number of halogens is 3. The summed E-state index contributed by atoms with van der Waals surface area (Å²) in [6.45, 7) is 1.45. The van der Waals surface area contributed by atoms with Crippen LogP contribution in [0.5, 0.6) is 0 Å². The van der Waals surface area contributed by atoms with Crippen molar-refractivity contribution < 1.29 is 18.0 Å². The average Bonchev–Trinajstić information content (AvgIpc) is 2.25. The number of pyridine rings is 1. The summed E-state index contributed by atoms with van der Waals surface area (Å²) in [6.07, 6.45) is -2.38. The zero-order valence-corrected chi connectivity index (χ0v) is 8.62. The molecule has 2 rings (SSSR count). The second-order valence-corrected chi connectivity index (χ2v) is 3.31. The predicted molar refractivity (Wildman–Crippen MR) is 53.7 cm³/mol. The number of anilines is 1. The van der Waals surface area contributed by atoms with Crippen LogP contribution in [-0.2, 0) is 4.79 Å². The van der Waals surface area contributed by atoms with E-state index in [-0.39, 0.29) is 17.2 Å². The number of aromatic nitrogens is 1. The molecule has 1 aromatic heterocycles. The average molecular weight is 244 g/mol. The molecular weight excluding hydrogens is 237 g/mol. The number of hydrogen-bond acceptors (Lipinski definition) is 4. The number of hydrogen-bond donors (Lipinski definition) is 1. The molecule has 0 atom stereocenters. The van der Waals surface area contributed by atoms with Gasteiger partial charge in [0.25, 0.3) is 0 Å². The van der Waals surface area contributed by atoms with Gasteiger partial charge in [-0.1, -0.05) is 0 Å². The summed E-state index contributed by atoms with van der Waals surface area (Å²) in [5.41, 5.74) is 2.50. The maximum atomic E-state index is 12.4. The number of nitrogens with zero attached hydrogens (tertiary/aromatic N) is 3. The molecule has 5 nitrogen and oxygen atoms in total. The Labute approximate surface area is 93.9 Å². The summed E-state index contributed by atoms with van der Waals surface area (Å²) in [4.78, 5) is 18.9. The lowest BCUT2D eigenvalue weighted by atomic mass is 10.3. The number of rotatable bonds is 0. The van der Waals surface area contributed by atoms with E-state index in [9.17, 15) is 18.0 Å². The highest BCUT2D eigenvalue weighted by molar-refractivity contribution is 6.04. The van der Waals surface area contributed by atoms with Crippen LogP contribution in [-0.4, -0.2) is 22.9 Å². The normalized spacial score (nSPS) is 14.8. The Morgan fingerprint density at radius 2 is 2.18 bits per heavy atom. The largest absolute Gasteiger partial charge is 0.473 e. The molecule has 1 aliphatic heterocycles. The van der Waals surface area contributed by atoms with Crippen molar-refractivity contribution in [1.82, 2.24) is 10.4 Å². The fourth-order valence-electron chi connectivity index (χ4n) is 1.37. The van der Waals surface area contributed by atoms with E-state index in [1.54, 1.807) is 0 Å².